The molecule has 23 heavy (non-hydrogen) atoms. The molecule has 5 nitrogen and oxygen atoms in total. The third-order valence-electron chi connectivity index (χ3n) is 3.35. The minimum absolute atomic E-state index is 0.0929. The van der Waals surface area contributed by atoms with Gasteiger partial charge in [-0.3, -0.25) is 9.59 Å². The zero-order valence-corrected chi connectivity index (χ0v) is 13.2. The lowest BCUT2D eigenvalue weighted by Gasteiger charge is -2.06. The molecule has 0 saturated heterocycles. The van der Waals surface area contributed by atoms with Crippen molar-refractivity contribution < 1.29 is 9.53 Å². The number of benzene rings is 1. The second-order valence-electron chi connectivity index (χ2n) is 4.84. The molecule has 0 bridgehead atoms. The third kappa shape index (κ3) is 3.37. The molecule has 0 fully saturated rings. The third-order valence-corrected chi connectivity index (χ3v) is 4.24. The molecule has 0 amide bonds. The Morgan fingerprint density at radius 1 is 1.17 bits per heavy atom. The first-order chi connectivity index (χ1) is 11.2. The topological polar surface area (TPSA) is 61.2 Å². The van der Waals surface area contributed by atoms with E-state index in [1.807, 2.05) is 17.5 Å². The summed E-state index contributed by atoms with van der Waals surface area (Å²) >= 11 is 1.53. The van der Waals surface area contributed by atoms with Gasteiger partial charge >= 0.3 is 0 Å². The number of carbonyl (C=O) groups is 1. The number of carbonyl (C=O) groups excluding carboxylic acids is 1. The van der Waals surface area contributed by atoms with Crippen LogP contribution in [0.25, 0.3) is 10.6 Å². The molecule has 0 N–H and O–H groups in total. The van der Waals surface area contributed by atoms with E-state index in [0.29, 0.717) is 17.0 Å². The minimum atomic E-state index is -0.299. The van der Waals surface area contributed by atoms with Gasteiger partial charge in [0.05, 0.1) is 12.0 Å². The van der Waals surface area contributed by atoms with Gasteiger partial charge in [0.1, 0.15) is 18.0 Å². The highest BCUT2D eigenvalue weighted by Gasteiger charge is 2.10. The SMILES string of the molecule is COc1ccc(C(=O)Cn2nc(-c3cccs3)ccc2=O)cc1. The number of ketones is 1. The molecule has 0 aliphatic carbocycles. The summed E-state index contributed by atoms with van der Waals surface area (Å²) in [5.74, 6) is 0.502. The maximum absolute atomic E-state index is 12.3. The molecule has 0 radical (unpaired) electrons. The molecular weight excluding hydrogens is 312 g/mol. The molecule has 1 aromatic carbocycles. The van der Waals surface area contributed by atoms with Crippen LogP contribution in [0.15, 0.2) is 58.7 Å². The van der Waals surface area contributed by atoms with Crippen molar-refractivity contribution in [1.82, 2.24) is 9.78 Å². The van der Waals surface area contributed by atoms with Crippen molar-refractivity contribution in [3.63, 3.8) is 0 Å². The lowest BCUT2D eigenvalue weighted by molar-refractivity contribution is 0.0966. The van der Waals surface area contributed by atoms with E-state index in [1.54, 1.807) is 37.4 Å². The molecule has 2 heterocycles. The van der Waals surface area contributed by atoms with E-state index in [1.165, 1.54) is 22.1 Å². The smallest absolute Gasteiger partial charge is 0.267 e. The second-order valence-corrected chi connectivity index (χ2v) is 5.79. The number of hydrogen-bond donors (Lipinski definition) is 0. The number of rotatable bonds is 5. The highest BCUT2D eigenvalue weighted by atomic mass is 32.1. The quantitative estimate of drug-likeness (QED) is 0.676. The van der Waals surface area contributed by atoms with Crippen LogP contribution in [0.5, 0.6) is 5.75 Å². The van der Waals surface area contributed by atoms with Gasteiger partial charge in [-0.1, -0.05) is 6.07 Å². The van der Waals surface area contributed by atoms with Gasteiger partial charge in [-0.25, -0.2) is 4.68 Å². The number of aromatic nitrogens is 2. The van der Waals surface area contributed by atoms with Gasteiger partial charge in [-0.2, -0.15) is 5.10 Å². The Hall–Kier alpha value is -2.73. The predicted molar refractivity (Wildman–Crippen MR) is 89.1 cm³/mol. The Bertz CT molecular complexity index is 868. The first-order valence-corrected chi connectivity index (χ1v) is 7.84. The lowest BCUT2D eigenvalue weighted by atomic mass is 10.1. The van der Waals surface area contributed by atoms with Gasteiger partial charge in [0, 0.05) is 11.6 Å². The molecule has 3 rings (SSSR count). The summed E-state index contributed by atoms with van der Waals surface area (Å²) in [6, 6.07) is 13.7. The average molecular weight is 326 g/mol. The monoisotopic (exact) mass is 326 g/mol. The maximum Gasteiger partial charge on any atom is 0.267 e. The molecule has 3 aromatic rings. The summed E-state index contributed by atoms with van der Waals surface area (Å²) in [6.07, 6.45) is 0. The standard InChI is InChI=1S/C17H14N2O3S/c1-22-13-6-4-12(5-7-13)15(20)11-19-17(21)9-8-14(18-19)16-3-2-10-23-16/h2-10H,11H2,1H3. The van der Waals surface area contributed by atoms with E-state index in [4.69, 9.17) is 4.74 Å². The second kappa shape index (κ2) is 6.58. The Morgan fingerprint density at radius 3 is 2.61 bits per heavy atom. The molecule has 116 valence electrons. The molecule has 2 aromatic heterocycles. The molecule has 0 spiro atoms. The first-order valence-electron chi connectivity index (χ1n) is 6.96. The number of ether oxygens (including phenoxy) is 1. The van der Waals surface area contributed by atoms with Gasteiger partial charge in [0.15, 0.2) is 5.78 Å². The number of Topliss-reactive ketones (excluding diaryl/α,β-unsaturated/α-hetero) is 1. The lowest BCUT2D eigenvalue weighted by Crippen LogP contribution is -2.26. The van der Waals surface area contributed by atoms with Gasteiger partial charge < -0.3 is 4.74 Å². The van der Waals surface area contributed by atoms with Crippen molar-refractivity contribution in [3.05, 3.63) is 69.8 Å². The van der Waals surface area contributed by atoms with E-state index in [0.717, 1.165) is 4.88 Å². The van der Waals surface area contributed by atoms with Gasteiger partial charge in [0.2, 0.25) is 0 Å². The maximum atomic E-state index is 12.3. The molecule has 0 aliphatic heterocycles. The van der Waals surface area contributed by atoms with Crippen LogP contribution in [0.4, 0.5) is 0 Å². The summed E-state index contributed by atoms with van der Waals surface area (Å²) in [7, 11) is 1.57. The van der Waals surface area contributed by atoms with Crippen LogP contribution in [-0.2, 0) is 6.54 Å². The zero-order chi connectivity index (χ0) is 16.2. The van der Waals surface area contributed by atoms with Crippen molar-refractivity contribution in [3.8, 4) is 16.3 Å². The molecule has 0 atom stereocenters. The normalized spacial score (nSPS) is 10.5. The fourth-order valence-electron chi connectivity index (χ4n) is 2.12. The summed E-state index contributed by atoms with van der Waals surface area (Å²) in [5.41, 5.74) is 0.898. The van der Waals surface area contributed by atoms with Crippen LogP contribution in [0.2, 0.25) is 0 Å². The zero-order valence-electron chi connectivity index (χ0n) is 12.4. The summed E-state index contributed by atoms with van der Waals surface area (Å²) in [6.45, 7) is -0.0929. The summed E-state index contributed by atoms with van der Waals surface area (Å²) in [4.78, 5) is 25.2. The van der Waals surface area contributed by atoms with Crippen molar-refractivity contribution in [1.29, 1.82) is 0 Å². The minimum Gasteiger partial charge on any atom is -0.497 e. The van der Waals surface area contributed by atoms with E-state index < -0.39 is 0 Å². The van der Waals surface area contributed by atoms with Gasteiger partial charge in [0.25, 0.3) is 5.56 Å². The fourth-order valence-corrected chi connectivity index (χ4v) is 2.81. The first kappa shape index (κ1) is 15.2. The Morgan fingerprint density at radius 2 is 1.96 bits per heavy atom. The predicted octanol–water partition coefficient (Wildman–Crippen LogP) is 2.86. The van der Waals surface area contributed by atoms with Gasteiger partial charge in [-0.15, -0.1) is 11.3 Å². The van der Waals surface area contributed by atoms with Crippen molar-refractivity contribution in [2.75, 3.05) is 7.11 Å². The Kier molecular flexibility index (Phi) is 4.34. The summed E-state index contributed by atoms with van der Waals surface area (Å²) < 4.78 is 6.26. The van der Waals surface area contributed by atoms with E-state index >= 15 is 0 Å². The van der Waals surface area contributed by atoms with Crippen molar-refractivity contribution in [2.45, 2.75) is 6.54 Å². The van der Waals surface area contributed by atoms with Gasteiger partial charge in [-0.05, 0) is 41.8 Å². The molecule has 6 heteroatoms. The van der Waals surface area contributed by atoms with Crippen LogP contribution >= 0.6 is 11.3 Å². The van der Waals surface area contributed by atoms with Crippen LogP contribution in [0.3, 0.4) is 0 Å². The highest BCUT2D eigenvalue weighted by molar-refractivity contribution is 7.13. The Balaban J connectivity index is 1.85. The number of hydrogen-bond acceptors (Lipinski definition) is 5. The van der Waals surface area contributed by atoms with E-state index in [-0.39, 0.29) is 17.9 Å². The number of methoxy groups -OCH3 is 1. The van der Waals surface area contributed by atoms with E-state index in [2.05, 4.69) is 5.10 Å². The number of thiophene rings is 1. The van der Waals surface area contributed by atoms with Crippen molar-refractivity contribution >= 4 is 17.1 Å². The van der Waals surface area contributed by atoms with Crippen LogP contribution in [0, 0.1) is 0 Å². The molecule has 0 saturated carbocycles. The summed E-state index contributed by atoms with van der Waals surface area (Å²) in [5, 5.41) is 6.22. The number of nitrogens with zero attached hydrogens (tertiary/aromatic N) is 2. The Labute approximate surface area is 136 Å². The molecule has 0 aliphatic rings. The largest absolute Gasteiger partial charge is 0.497 e. The van der Waals surface area contributed by atoms with Crippen LogP contribution < -0.4 is 10.3 Å². The molecule has 0 unspecified atom stereocenters. The van der Waals surface area contributed by atoms with Crippen LogP contribution in [-0.4, -0.2) is 22.7 Å². The van der Waals surface area contributed by atoms with Crippen molar-refractivity contribution in [2.24, 2.45) is 0 Å². The fraction of sp³-hybridized carbons (Fsp3) is 0.118. The molecular formula is C17H14N2O3S. The highest BCUT2D eigenvalue weighted by Crippen LogP contribution is 2.21. The van der Waals surface area contributed by atoms with E-state index in [9.17, 15) is 9.59 Å². The average Bonchev–Trinajstić information content (AvgIpc) is 3.11. The van der Waals surface area contributed by atoms with Crippen LogP contribution in [0.1, 0.15) is 10.4 Å².